The summed E-state index contributed by atoms with van der Waals surface area (Å²) in [6.45, 7) is 18.1. The second-order valence-corrected chi connectivity index (χ2v) is 20.2. The summed E-state index contributed by atoms with van der Waals surface area (Å²) in [5.74, 6) is 0.219. The van der Waals surface area contributed by atoms with E-state index in [9.17, 15) is 35.4 Å². The van der Waals surface area contributed by atoms with E-state index < -0.39 is 66.7 Å². The standard InChI is InChI=1S/C41H66O11/c1-21-28(43)30(45)31(46)33(50-21)52-32-29(44)24(42)20-49-34(32)51-27-12-13-38(6)25(37(27,4)5)11-14-40(8)26(38)10-9-22-23-19-36(2,3)15-17-41(23,35(47)48)18-16-39(22,40)7/h9,21,23-34,42-46H,10-20H2,1-8H3,(H,47,48)/t21-,23-,24-,25-,26+,27-,28-,29-,30+,31+,32+,33?,34-,38-,39+,40+,41-/m0/s1. The highest BCUT2D eigenvalue weighted by Crippen LogP contribution is 2.76. The number of rotatable bonds is 5. The van der Waals surface area contributed by atoms with Crippen LogP contribution in [0.2, 0.25) is 0 Å². The van der Waals surface area contributed by atoms with Gasteiger partial charge in [-0.25, -0.2) is 0 Å². The highest BCUT2D eigenvalue weighted by Gasteiger charge is 2.69. The van der Waals surface area contributed by atoms with Gasteiger partial charge in [0.15, 0.2) is 12.6 Å². The van der Waals surface area contributed by atoms with Crippen molar-refractivity contribution < 1.29 is 54.4 Å². The summed E-state index contributed by atoms with van der Waals surface area (Å²) in [6.07, 6.45) is -0.253. The lowest BCUT2D eigenvalue weighted by molar-refractivity contribution is -0.364. The fourth-order valence-electron chi connectivity index (χ4n) is 13.3. The molecule has 7 aliphatic rings. The lowest BCUT2D eigenvalue weighted by atomic mass is 9.33. The molecule has 2 aliphatic heterocycles. The van der Waals surface area contributed by atoms with Gasteiger partial charge in [-0.15, -0.1) is 0 Å². The number of carboxylic acid groups (broad SMARTS) is 1. The number of aliphatic hydroxyl groups is 5. The van der Waals surface area contributed by atoms with E-state index >= 15 is 0 Å². The number of allylic oxidation sites excluding steroid dienone is 2. The second kappa shape index (κ2) is 12.9. The van der Waals surface area contributed by atoms with Crippen molar-refractivity contribution in [2.24, 2.45) is 50.2 Å². The van der Waals surface area contributed by atoms with Crippen LogP contribution in [-0.4, -0.2) is 105 Å². The summed E-state index contributed by atoms with van der Waals surface area (Å²) in [5.41, 5.74) is 0.579. The minimum atomic E-state index is -1.58. The zero-order chi connectivity index (χ0) is 38.0. The summed E-state index contributed by atoms with van der Waals surface area (Å²) < 4.78 is 24.5. The van der Waals surface area contributed by atoms with Crippen molar-refractivity contribution in [2.75, 3.05) is 6.61 Å². The molecule has 7 rings (SSSR count). The quantitative estimate of drug-likeness (QED) is 0.173. The Morgan fingerprint density at radius 3 is 2.17 bits per heavy atom. The predicted molar refractivity (Wildman–Crippen MR) is 191 cm³/mol. The van der Waals surface area contributed by atoms with Crippen molar-refractivity contribution in [2.45, 2.75) is 181 Å². The zero-order valence-corrected chi connectivity index (χ0v) is 32.6. The van der Waals surface area contributed by atoms with E-state index in [1.807, 2.05) is 0 Å². The summed E-state index contributed by atoms with van der Waals surface area (Å²) in [5, 5.41) is 63.6. The number of carbonyl (C=O) groups is 1. The Labute approximate surface area is 309 Å². The minimum Gasteiger partial charge on any atom is -0.481 e. The van der Waals surface area contributed by atoms with E-state index in [0.29, 0.717) is 11.8 Å². The molecular formula is C41H66O11. The van der Waals surface area contributed by atoms with Crippen molar-refractivity contribution in [1.82, 2.24) is 0 Å². The van der Waals surface area contributed by atoms with Crippen LogP contribution in [-0.2, 0) is 23.7 Å². The maximum absolute atomic E-state index is 13.0. The monoisotopic (exact) mass is 734 g/mol. The molecule has 11 nitrogen and oxygen atoms in total. The lowest BCUT2D eigenvalue weighted by Gasteiger charge is -2.71. The molecule has 52 heavy (non-hydrogen) atoms. The van der Waals surface area contributed by atoms with Crippen LogP contribution in [0.5, 0.6) is 0 Å². The van der Waals surface area contributed by atoms with E-state index in [2.05, 4.69) is 54.5 Å². The summed E-state index contributed by atoms with van der Waals surface area (Å²) >= 11 is 0. The maximum Gasteiger partial charge on any atom is 0.310 e. The fraction of sp³-hybridized carbons (Fsp3) is 0.927. The van der Waals surface area contributed by atoms with Crippen LogP contribution in [0, 0.1) is 50.2 Å². The third-order valence-electron chi connectivity index (χ3n) is 16.8. The highest BCUT2D eigenvalue weighted by atomic mass is 16.8. The van der Waals surface area contributed by atoms with E-state index in [1.54, 1.807) is 6.92 Å². The first-order valence-electron chi connectivity index (χ1n) is 20.1. The smallest absolute Gasteiger partial charge is 0.310 e. The Morgan fingerprint density at radius 1 is 0.788 bits per heavy atom. The van der Waals surface area contributed by atoms with Crippen LogP contribution in [0.4, 0.5) is 0 Å². The number of fused-ring (bicyclic) bond motifs is 7. The molecule has 4 saturated carbocycles. The van der Waals surface area contributed by atoms with Crippen molar-refractivity contribution in [3.8, 4) is 0 Å². The van der Waals surface area contributed by atoms with Gasteiger partial charge < -0.3 is 49.6 Å². The Hall–Kier alpha value is -1.15. The lowest BCUT2D eigenvalue weighted by Crippen LogP contribution is -2.66. The van der Waals surface area contributed by atoms with E-state index in [1.165, 1.54) is 5.57 Å². The predicted octanol–water partition coefficient (Wildman–Crippen LogP) is 4.55. The molecule has 0 aromatic rings. The number of hydrogen-bond acceptors (Lipinski definition) is 10. The van der Waals surface area contributed by atoms with Crippen molar-refractivity contribution in [1.29, 1.82) is 0 Å². The Bertz CT molecular complexity index is 1410. The van der Waals surface area contributed by atoms with Gasteiger partial charge in [0.1, 0.15) is 36.6 Å². The summed E-state index contributed by atoms with van der Waals surface area (Å²) in [7, 11) is 0. The third kappa shape index (κ3) is 5.64. The second-order valence-electron chi connectivity index (χ2n) is 20.2. The van der Waals surface area contributed by atoms with Gasteiger partial charge in [-0.1, -0.05) is 60.1 Å². The van der Waals surface area contributed by atoms with Crippen LogP contribution in [0.3, 0.4) is 0 Å². The zero-order valence-electron chi connectivity index (χ0n) is 32.6. The molecule has 2 heterocycles. The van der Waals surface area contributed by atoms with E-state index in [0.717, 1.165) is 64.2 Å². The molecule has 17 atom stereocenters. The van der Waals surface area contributed by atoms with E-state index in [-0.39, 0.29) is 45.7 Å². The van der Waals surface area contributed by atoms with Gasteiger partial charge >= 0.3 is 5.97 Å². The van der Waals surface area contributed by atoms with Crippen molar-refractivity contribution in [3.05, 3.63) is 11.6 Å². The van der Waals surface area contributed by atoms with Gasteiger partial charge in [0, 0.05) is 0 Å². The Balaban J connectivity index is 1.13. The fourth-order valence-corrected chi connectivity index (χ4v) is 13.3. The Kier molecular flexibility index (Phi) is 9.74. The first kappa shape index (κ1) is 39.1. The SMILES string of the molecule is C[C@@H]1OC(O[C@H]2[C@H](O[C@H]3CC[C@]4(C)[C@H]5CC=C6[C@@H]7CC(C)(C)CC[C@]7(C(=O)O)CC[C@@]6(C)[C@]5(C)CC[C@H]4C3(C)C)OC[C@H](O)[C@@H]2O)[C@H](O)[C@H](O)[C@H]1O. The molecular weight excluding hydrogens is 668 g/mol. The minimum absolute atomic E-state index is 0.0146. The topological polar surface area (TPSA) is 175 Å². The van der Waals surface area contributed by atoms with Gasteiger partial charge in [0.05, 0.1) is 24.2 Å². The molecule has 5 aliphatic carbocycles. The molecule has 6 fully saturated rings. The number of carboxylic acids is 1. The van der Waals surface area contributed by atoms with Crippen molar-refractivity contribution in [3.63, 3.8) is 0 Å². The van der Waals surface area contributed by atoms with Crippen LogP contribution in [0.1, 0.15) is 120 Å². The summed E-state index contributed by atoms with van der Waals surface area (Å²) in [6, 6.07) is 0. The molecule has 0 amide bonds. The average Bonchev–Trinajstić information content (AvgIpc) is 3.06. The molecule has 11 heteroatoms. The molecule has 0 aromatic carbocycles. The van der Waals surface area contributed by atoms with Gasteiger partial charge in [0.25, 0.3) is 0 Å². The van der Waals surface area contributed by atoms with Crippen LogP contribution in [0.15, 0.2) is 11.6 Å². The first-order chi connectivity index (χ1) is 24.1. The average molecular weight is 735 g/mol. The molecule has 2 saturated heterocycles. The first-order valence-corrected chi connectivity index (χ1v) is 20.1. The third-order valence-corrected chi connectivity index (χ3v) is 16.8. The van der Waals surface area contributed by atoms with Crippen LogP contribution >= 0.6 is 0 Å². The molecule has 1 unspecified atom stereocenters. The van der Waals surface area contributed by atoms with E-state index in [4.69, 9.17) is 18.9 Å². The maximum atomic E-state index is 13.0. The van der Waals surface area contributed by atoms with Gasteiger partial charge in [-0.3, -0.25) is 4.79 Å². The molecule has 0 radical (unpaired) electrons. The molecule has 296 valence electrons. The van der Waals surface area contributed by atoms with Crippen LogP contribution in [0.25, 0.3) is 0 Å². The largest absolute Gasteiger partial charge is 0.481 e. The molecule has 6 N–H and O–H groups in total. The van der Waals surface area contributed by atoms with Crippen LogP contribution < -0.4 is 0 Å². The van der Waals surface area contributed by atoms with Crippen molar-refractivity contribution >= 4 is 5.97 Å². The normalized spacial score (nSPS) is 54.1. The summed E-state index contributed by atoms with van der Waals surface area (Å²) in [4.78, 5) is 13.0. The van der Waals surface area contributed by atoms with Gasteiger partial charge in [0.2, 0.25) is 0 Å². The Morgan fingerprint density at radius 2 is 1.48 bits per heavy atom. The molecule has 0 aromatic heterocycles. The number of aliphatic hydroxyl groups excluding tert-OH is 5. The number of hydrogen-bond donors (Lipinski definition) is 6. The number of aliphatic carboxylic acids is 1. The molecule has 0 bridgehead atoms. The van der Waals surface area contributed by atoms with Gasteiger partial charge in [-0.05, 0) is 116 Å². The molecule has 0 spiro atoms. The highest BCUT2D eigenvalue weighted by molar-refractivity contribution is 5.76. The van der Waals surface area contributed by atoms with Gasteiger partial charge in [-0.2, -0.15) is 0 Å². The number of ether oxygens (including phenoxy) is 4.